The normalized spacial score (nSPS) is 18.7. The van der Waals surface area contributed by atoms with Crippen LogP contribution in [0.2, 0.25) is 0 Å². The molecule has 7 nitrogen and oxygen atoms in total. The summed E-state index contributed by atoms with van der Waals surface area (Å²) >= 11 is 0. The van der Waals surface area contributed by atoms with Gasteiger partial charge in [0.05, 0.1) is 6.54 Å². The Hall–Kier alpha value is -5.19. The number of alkyl halides is 2. The van der Waals surface area contributed by atoms with Gasteiger partial charge >= 0.3 is 0 Å². The summed E-state index contributed by atoms with van der Waals surface area (Å²) in [7, 11) is 0. The van der Waals surface area contributed by atoms with Crippen molar-refractivity contribution in [2.24, 2.45) is 5.92 Å². The highest BCUT2D eigenvalue weighted by Crippen LogP contribution is 2.47. The average Bonchev–Trinajstić information content (AvgIpc) is 3.75. The Labute approximate surface area is 267 Å². The quantitative estimate of drug-likeness (QED) is 0.181. The number of benzene rings is 3. The van der Waals surface area contributed by atoms with Gasteiger partial charge in [-0.25, -0.2) is 22.5 Å². The smallest absolute Gasteiger partial charge is 0.253 e. The molecule has 3 aromatic carbocycles. The maximum Gasteiger partial charge on any atom is 0.253 e. The van der Waals surface area contributed by atoms with Gasteiger partial charge in [0.15, 0.2) is 0 Å². The molecule has 2 fully saturated rings. The summed E-state index contributed by atoms with van der Waals surface area (Å²) in [6, 6.07) is 18.7. The number of nitrogens with zero attached hydrogens (tertiary/aromatic N) is 2. The average molecular weight is 643 g/mol. The Kier molecular flexibility index (Phi) is 7.69. The van der Waals surface area contributed by atoms with E-state index in [0.29, 0.717) is 45.7 Å². The topological polar surface area (TPSA) is 101 Å². The monoisotopic (exact) mass is 642 g/mol. The minimum atomic E-state index is -2.80. The first-order valence-corrected chi connectivity index (χ1v) is 15.3. The van der Waals surface area contributed by atoms with Crippen molar-refractivity contribution >= 4 is 28.6 Å². The lowest BCUT2D eigenvalue weighted by atomic mass is 9.95. The van der Waals surface area contributed by atoms with Gasteiger partial charge in [-0.1, -0.05) is 24.3 Å². The molecule has 1 aliphatic heterocycles. The van der Waals surface area contributed by atoms with Crippen molar-refractivity contribution in [3.05, 3.63) is 108 Å². The van der Waals surface area contributed by atoms with Gasteiger partial charge in [0, 0.05) is 60.1 Å². The van der Waals surface area contributed by atoms with Gasteiger partial charge in [-0.05, 0) is 77.6 Å². The Balaban J connectivity index is 1.14. The number of nitrogen functional groups attached to an aromatic ring is 1. The molecule has 1 saturated heterocycles. The van der Waals surface area contributed by atoms with Gasteiger partial charge in [-0.2, -0.15) is 0 Å². The third-order valence-corrected chi connectivity index (χ3v) is 8.93. The van der Waals surface area contributed by atoms with E-state index >= 15 is 4.39 Å². The van der Waals surface area contributed by atoms with Crippen molar-refractivity contribution < 1.29 is 31.6 Å². The highest BCUT2D eigenvalue weighted by atomic mass is 19.3. The Morgan fingerprint density at radius 3 is 2.40 bits per heavy atom. The molecule has 0 spiro atoms. The molecule has 0 bridgehead atoms. The first kappa shape index (κ1) is 30.5. The fourth-order valence-electron chi connectivity index (χ4n) is 6.19. The van der Waals surface area contributed by atoms with Crippen LogP contribution >= 0.6 is 0 Å². The number of amides is 2. The van der Waals surface area contributed by atoms with E-state index in [1.807, 2.05) is 6.07 Å². The molecule has 7 rings (SSSR count). The van der Waals surface area contributed by atoms with Crippen LogP contribution in [0.15, 0.2) is 83.4 Å². The molecule has 11 heteroatoms. The summed E-state index contributed by atoms with van der Waals surface area (Å²) in [6.07, 6.45) is 1.54. The van der Waals surface area contributed by atoms with Gasteiger partial charge < -0.3 is 20.4 Å². The van der Waals surface area contributed by atoms with E-state index in [1.165, 1.54) is 29.2 Å². The van der Waals surface area contributed by atoms with Crippen molar-refractivity contribution in [1.29, 1.82) is 0 Å². The molecule has 240 valence electrons. The van der Waals surface area contributed by atoms with Gasteiger partial charge in [-0.15, -0.1) is 0 Å². The van der Waals surface area contributed by atoms with Crippen LogP contribution < -0.4 is 11.1 Å². The predicted octanol–water partition coefficient (Wildman–Crippen LogP) is 7.31. The number of furan rings is 1. The number of hydrogen-bond acceptors (Lipinski definition) is 5. The van der Waals surface area contributed by atoms with Crippen molar-refractivity contribution in [2.45, 2.75) is 37.6 Å². The van der Waals surface area contributed by atoms with Gasteiger partial charge in [-0.3, -0.25) is 9.59 Å². The number of carbonyl (C=O) groups excluding carboxylic acids is 2. The molecule has 0 radical (unpaired) electrons. The third kappa shape index (κ3) is 6.30. The molecule has 2 aromatic heterocycles. The molecule has 5 aromatic rings. The largest absolute Gasteiger partial charge is 0.459 e. The number of carbonyl (C=O) groups is 2. The lowest BCUT2D eigenvalue weighted by Crippen LogP contribution is -2.42. The summed E-state index contributed by atoms with van der Waals surface area (Å²) in [5.74, 6) is -3.69. The van der Waals surface area contributed by atoms with E-state index in [1.54, 1.807) is 42.6 Å². The number of anilines is 1. The van der Waals surface area contributed by atoms with E-state index in [4.69, 9.17) is 10.2 Å². The molecule has 2 aliphatic rings. The van der Waals surface area contributed by atoms with Gasteiger partial charge in [0.25, 0.3) is 11.8 Å². The number of piperidine rings is 1. The first-order chi connectivity index (χ1) is 22.5. The summed E-state index contributed by atoms with van der Waals surface area (Å²) in [5, 5.41) is 3.57. The van der Waals surface area contributed by atoms with Crippen LogP contribution in [0.4, 0.5) is 23.4 Å². The van der Waals surface area contributed by atoms with Crippen LogP contribution in [0.25, 0.3) is 33.2 Å². The van der Waals surface area contributed by atoms with Crippen LogP contribution in [-0.2, 0) is 11.3 Å². The maximum atomic E-state index is 15.6. The van der Waals surface area contributed by atoms with Crippen LogP contribution in [0.1, 0.15) is 46.9 Å². The second-order valence-corrected chi connectivity index (χ2v) is 12.2. The van der Waals surface area contributed by atoms with Crippen molar-refractivity contribution in [3.8, 4) is 22.3 Å². The minimum Gasteiger partial charge on any atom is -0.459 e. The van der Waals surface area contributed by atoms with E-state index < -0.39 is 36.3 Å². The molecule has 1 saturated carbocycles. The fraction of sp³-hybridized carbons (Fsp3) is 0.250. The molecule has 3 heterocycles. The number of nitrogens with one attached hydrogen (secondary N) is 1. The first-order valence-electron chi connectivity index (χ1n) is 15.3. The number of nitrogens with two attached hydrogens (primary N) is 1. The third-order valence-electron chi connectivity index (χ3n) is 8.93. The Morgan fingerprint density at radius 2 is 1.70 bits per heavy atom. The molecule has 2 unspecified atom stereocenters. The Morgan fingerprint density at radius 1 is 0.936 bits per heavy atom. The van der Waals surface area contributed by atoms with Crippen LogP contribution in [-0.4, -0.2) is 40.7 Å². The molecule has 2 atom stereocenters. The molecular formula is C36H30F4N4O3. The molecular weight excluding hydrogens is 612 g/mol. The zero-order chi connectivity index (χ0) is 32.9. The van der Waals surface area contributed by atoms with Crippen LogP contribution in [0.5, 0.6) is 0 Å². The SMILES string of the molecule is Nc1ccc(C2CC2C(=O)NCc2cc3cc(-c4ccc(C(=O)N5CCC(F)(F)CC5)cc4F)cc(-c4ccc(F)cc4)c3o2)cn1. The van der Waals surface area contributed by atoms with Crippen molar-refractivity contribution in [3.63, 3.8) is 0 Å². The molecule has 47 heavy (non-hydrogen) atoms. The Bertz CT molecular complexity index is 1980. The summed E-state index contributed by atoms with van der Waals surface area (Å²) in [4.78, 5) is 31.3. The number of likely N-dealkylation sites (tertiary alicyclic amines) is 1. The summed E-state index contributed by atoms with van der Waals surface area (Å²) in [5.41, 5.74) is 9.10. The second-order valence-electron chi connectivity index (χ2n) is 12.2. The van der Waals surface area contributed by atoms with E-state index in [9.17, 15) is 22.8 Å². The van der Waals surface area contributed by atoms with Crippen molar-refractivity contribution in [2.75, 3.05) is 18.8 Å². The van der Waals surface area contributed by atoms with E-state index in [-0.39, 0.29) is 48.5 Å². The minimum absolute atomic E-state index is 0.0724. The lowest BCUT2D eigenvalue weighted by molar-refractivity contribution is -0.122. The highest BCUT2D eigenvalue weighted by molar-refractivity contribution is 5.98. The number of aromatic nitrogens is 1. The lowest BCUT2D eigenvalue weighted by Gasteiger charge is -2.31. The number of pyridine rings is 1. The number of halogens is 4. The molecule has 2 amide bonds. The number of rotatable bonds is 7. The maximum absolute atomic E-state index is 15.6. The molecule has 3 N–H and O–H groups in total. The highest BCUT2D eigenvalue weighted by Gasteiger charge is 2.44. The number of hydrogen-bond donors (Lipinski definition) is 2. The number of fused-ring (bicyclic) bond motifs is 1. The van der Waals surface area contributed by atoms with E-state index in [2.05, 4.69) is 10.3 Å². The molecule has 1 aliphatic carbocycles. The van der Waals surface area contributed by atoms with Crippen LogP contribution in [0.3, 0.4) is 0 Å². The standard InChI is InChI=1S/C36H30F4N4O3/c37-25-5-1-20(2-6-25)29-15-23(27-7-3-21(16-31(27)38)35(46)44-11-9-36(39,40)10-12-44)13-24-14-26(47-33(24)29)19-43-34(45)30-17-28(30)22-4-8-32(41)42-18-22/h1-8,13-16,18,28,30H,9-12,17,19H2,(H2,41,42)(H,43,45). The van der Waals surface area contributed by atoms with E-state index in [0.717, 1.165) is 11.6 Å². The zero-order valence-electron chi connectivity index (χ0n) is 25.1. The van der Waals surface area contributed by atoms with Gasteiger partial charge in [0.1, 0.15) is 28.8 Å². The second kappa shape index (κ2) is 11.9. The zero-order valence-corrected chi connectivity index (χ0v) is 25.1. The summed E-state index contributed by atoms with van der Waals surface area (Å²) < 4.78 is 62.8. The fourth-order valence-corrected chi connectivity index (χ4v) is 6.19. The van der Waals surface area contributed by atoms with Gasteiger partial charge in [0.2, 0.25) is 5.91 Å². The van der Waals surface area contributed by atoms with Crippen molar-refractivity contribution in [1.82, 2.24) is 15.2 Å². The summed E-state index contributed by atoms with van der Waals surface area (Å²) in [6.45, 7) is -0.0720. The predicted molar refractivity (Wildman–Crippen MR) is 168 cm³/mol. The van der Waals surface area contributed by atoms with Crippen LogP contribution in [0, 0.1) is 17.6 Å².